The van der Waals surface area contributed by atoms with Gasteiger partial charge in [0.1, 0.15) is 11.4 Å². The van der Waals surface area contributed by atoms with E-state index >= 15 is 0 Å². The smallest absolute Gasteiger partial charge is 0.272 e. The molecule has 2 aromatic carbocycles. The predicted molar refractivity (Wildman–Crippen MR) is 160 cm³/mol. The molecule has 0 aliphatic carbocycles. The summed E-state index contributed by atoms with van der Waals surface area (Å²) in [7, 11) is 3.15. The third-order valence-corrected chi connectivity index (χ3v) is 6.17. The molecule has 2 aromatic heterocycles. The number of nitrogens with two attached hydrogens (primary N) is 2. The molecule has 0 saturated heterocycles. The lowest BCUT2D eigenvalue weighted by Gasteiger charge is -2.07. The average Bonchev–Trinajstić information content (AvgIpc) is 3.61. The van der Waals surface area contributed by atoms with Crippen molar-refractivity contribution in [1.29, 1.82) is 0 Å². The van der Waals surface area contributed by atoms with Gasteiger partial charge in [-0.15, -0.1) is 0 Å². The lowest BCUT2D eigenvalue weighted by molar-refractivity contribution is 0.0944. The zero-order valence-electron chi connectivity index (χ0n) is 22.7. The minimum absolute atomic E-state index is 0.243. The average molecular weight is 560 g/mol. The molecular formula is C27H33N11O3. The summed E-state index contributed by atoms with van der Waals surface area (Å²) in [5.41, 5.74) is 14.4. The van der Waals surface area contributed by atoms with Crippen LogP contribution >= 0.6 is 0 Å². The van der Waals surface area contributed by atoms with Crippen molar-refractivity contribution in [3.05, 3.63) is 65.5 Å². The monoisotopic (exact) mass is 559 g/mol. The van der Waals surface area contributed by atoms with Gasteiger partial charge in [-0.05, 0) is 48.5 Å². The normalized spacial score (nSPS) is 11.9. The molecule has 14 nitrogen and oxygen atoms in total. The first kappa shape index (κ1) is 28.5. The van der Waals surface area contributed by atoms with Crippen LogP contribution in [0.4, 0.5) is 5.69 Å². The molecule has 11 N–H and O–H groups in total. The second-order valence-corrected chi connectivity index (χ2v) is 9.01. The molecule has 0 bridgehead atoms. The van der Waals surface area contributed by atoms with Crippen LogP contribution in [0.5, 0.6) is 0 Å². The summed E-state index contributed by atoms with van der Waals surface area (Å²) in [5.74, 6) is -0.252. The molecule has 3 amide bonds. The Kier molecular flexibility index (Phi) is 9.04. The first-order chi connectivity index (χ1) is 19.8. The highest BCUT2D eigenvalue weighted by atomic mass is 16.2. The van der Waals surface area contributed by atoms with Crippen LogP contribution in [0.25, 0.3) is 21.8 Å². The Labute approximate surface area is 235 Å². The largest absolute Gasteiger partial charge is 0.370 e. The van der Waals surface area contributed by atoms with Crippen molar-refractivity contribution in [2.24, 2.45) is 21.5 Å². The number of nitrogens with zero attached hydrogens (tertiary/aromatic N) is 2. The van der Waals surface area contributed by atoms with Crippen LogP contribution in [-0.2, 0) is 0 Å². The molecule has 0 aliphatic rings. The Morgan fingerprint density at radius 1 is 0.659 bits per heavy atom. The van der Waals surface area contributed by atoms with Gasteiger partial charge in [-0.3, -0.25) is 24.4 Å². The Bertz CT molecular complexity index is 1630. The number of carbonyl (C=O) groups is 3. The molecular weight excluding hydrogens is 526 g/mol. The van der Waals surface area contributed by atoms with Crippen molar-refractivity contribution in [1.82, 2.24) is 31.2 Å². The van der Waals surface area contributed by atoms with E-state index in [-0.39, 0.29) is 17.7 Å². The number of hydrogen-bond acceptors (Lipinski definition) is 5. The molecule has 2 heterocycles. The number of carbonyl (C=O) groups excluding carboxylic acids is 3. The number of hydrogen-bond donors (Lipinski definition) is 9. The van der Waals surface area contributed by atoms with Crippen molar-refractivity contribution in [3.63, 3.8) is 0 Å². The highest BCUT2D eigenvalue weighted by Crippen LogP contribution is 2.22. The van der Waals surface area contributed by atoms with Crippen LogP contribution in [0.15, 0.2) is 58.5 Å². The number of fused-ring (bicyclic) bond motifs is 2. The van der Waals surface area contributed by atoms with Gasteiger partial charge in [-0.25, -0.2) is 0 Å². The van der Waals surface area contributed by atoms with E-state index in [0.29, 0.717) is 60.7 Å². The van der Waals surface area contributed by atoms with Crippen LogP contribution in [0.2, 0.25) is 0 Å². The van der Waals surface area contributed by atoms with Crippen molar-refractivity contribution >= 4 is 57.1 Å². The van der Waals surface area contributed by atoms with Crippen molar-refractivity contribution in [2.75, 3.05) is 45.6 Å². The van der Waals surface area contributed by atoms with E-state index in [0.717, 1.165) is 21.8 Å². The number of aliphatic imine (C=N–C) groups is 2. The van der Waals surface area contributed by atoms with Gasteiger partial charge in [0.15, 0.2) is 11.9 Å². The maximum atomic E-state index is 13.0. The molecule has 0 spiro atoms. The lowest BCUT2D eigenvalue weighted by atomic mass is 10.1. The topological polar surface area (TPSA) is 220 Å². The van der Waals surface area contributed by atoms with Crippen LogP contribution in [0.1, 0.15) is 31.3 Å². The van der Waals surface area contributed by atoms with E-state index < -0.39 is 0 Å². The van der Waals surface area contributed by atoms with Gasteiger partial charge in [0, 0.05) is 73.3 Å². The van der Waals surface area contributed by atoms with E-state index in [1.54, 1.807) is 62.6 Å². The Morgan fingerprint density at radius 3 is 1.78 bits per heavy atom. The third kappa shape index (κ3) is 7.32. The summed E-state index contributed by atoms with van der Waals surface area (Å²) in [4.78, 5) is 51.7. The van der Waals surface area contributed by atoms with Gasteiger partial charge >= 0.3 is 0 Å². The molecule has 214 valence electrons. The van der Waals surface area contributed by atoms with Crippen molar-refractivity contribution in [3.8, 4) is 0 Å². The van der Waals surface area contributed by atoms with Crippen LogP contribution < -0.4 is 38.1 Å². The number of guanidine groups is 2. The molecule has 0 aliphatic heterocycles. The van der Waals surface area contributed by atoms with Gasteiger partial charge in [0.25, 0.3) is 17.7 Å². The molecule has 41 heavy (non-hydrogen) atoms. The summed E-state index contributed by atoms with van der Waals surface area (Å²) in [6, 6.07) is 13.9. The number of nitrogens with one attached hydrogen (secondary N) is 7. The third-order valence-electron chi connectivity index (χ3n) is 6.17. The predicted octanol–water partition coefficient (Wildman–Crippen LogP) is 0.429. The number of aromatic amines is 2. The molecule has 14 heteroatoms. The quantitative estimate of drug-likeness (QED) is 0.0757. The Hall–Kier alpha value is -5.53. The zero-order valence-corrected chi connectivity index (χ0v) is 22.7. The van der Waals surface area contributed by atoms with Gasteiger partial charge < -0.3 is 48.0 Å². The molecule has 0 saturated carbocycles. The number of benzene rings is 2. The molecule has 0 atom stereocenters. The van der Waals surface area contributed by atoms with Gasteiger partial charge in [0.2, 0.25) is 0 Å². The van der Waals surface area contributed by atoms with Gasteiger partial charge in [-0.2, -0.15) is 0 Å². The Morgan fingerprint density at radius 2 is 1.17 bits per heavy atom. The summed E-state index contributed by atoms with van der Waals surface area (Å²) >= 11 is 0. The first-order valence-corrected chi connectivity index (χ1v) is 12.8. The van der Waals surface area contributed by atoms with E-state index in [4.69, 9.17) is 11.5 Å². The van der Waals surface area contributed by atoms with Crippen molar-refractivity contribution in [2.45, 2.75) is 0 Å². The second-order valence-electron chi connectivity index (χ2n) is 9.01. The van der Waals surface area contributed by atoms with Crippen molar-refractivity contribution < 1.29 is 14.4 Å². The summed E-state index contributed by atoms with van der Waals surface area (Å²) in [5, 5.41) is 15.7. The number of aromatic nitrogens is 2. The molecule has 0 radical (unpaired) electrons. The van der Waals surface area contributed by atoms with Gasteiger partial charge in [0.05, 0.1) is 0 Å². The van der Waals surface area contributed by atoms with Crippen LogP contribution in [-0.4, -0.2) is 79.9 Å². The zero-order chi connectivity index (χ0) is 29.4. The van der Waals surface area contributed by atoms with Crippen LogP contribution in [0.3, 0.4) is 0 Å². The minimum atomic E-state index is -0.344. The highest BCUT2D eigenvalue weighted by molar-refractivity contribution is 6.08. The SMILES string of the molecule is CN=C(N)NCCNC(=O)c1ccc2[nH]c(C(=O)Nc3ccc4[nH]c(C(=O)NCCNC(N)=NC)cc4c3)cc2c1. The molecule has 4 aromatic rings. The lowest BCUT2D eigenvalue weighted by Crippen LogP contribution is -2.38. The first-order valence-electron chi connectivity index (χ1n) is 12.8. The van der Waals surface area contributed by atoms with Crippen LogP contribution in [0, 0.1) is 0 Å². The molecule has 0 unspecified atom stereocenters. The second kappa shape index (κ2) is 13.0. The Balaban J connectivity index is 1.36. The maximum absolute atomic E-state index is 13.0. The molecule has 4 rings (SSSR count). The summed E-state index contributed by atoms with van der Waals surface area (Å²) in [6.07, 6.45) is 0. The van der Waals surface area contributed by atoms with E-state index in [1.165, 1.54) is 0 Å². The number of H-pyrrole nitrogens is 2. The standard InChI is InChI=1S/C27H33N11O3/c1-30-26(28)34-9-7-32-23(39)15-3-5-19-16(11-15)13-22(38-19)25(41)36-18-4-6-20-17(12-18)14-21(37-20)24(40)33-8-10-35-27(29)31-2/h3-6,11-14,37-38H,7-10H2,1-2H3,(H,32,39)(H,33,40)(H,36,41)(H3,28,30,34)(H3,29,31,35). The van der Waals surface area contributed by atoms with E-state index in [2.05, 4.69) is 46.5 Å². The molecule has 0 fully saturated rings. The number of anilines is 1. The summed E-state index contributed by atoms with van der Waals surface area (Å²) in [6.45, 7) is 1.62. The number of amides is 3. The fourth-order valence-corrected chi connectivity index (χ4v) is 4.02. The fraction of sp³-hybridized carbons (Fsp3) is 0.222. The fourth-order valence-electron chi connectivity index (χ4n) is 4.02. The highest BCUT2D eigenvalue weighted by Gasteiger charge is 2.14. The van der Waals surface area contributed by atoms with E-state index in [1.807, 2.05) is 0 Å². The van der Waals surface area contributed by atoms with E-state index in [9.17, 15) is 14.4 Å². The van der Waals surface area contributed by atoms with Gasteiger partial charge in [-0.1, -0.05) is 0 Å². The maximum Gasteiger partial charge on any atom is 0.272 e. The number of rotatable bonds is 10. The minimum Gasteiger partial charge on any atom is -0.370 e. The summed E-state index contributed by atoms with van der Waals surface area (Å²) < 4.78 is 0.